The molecule has 0 saturated heterocycles. The molecule has 0 bridgehead atoms. The molecule has 2 aromatic carbocycles. The number of hydrogen-bond acceptors (Lipinski definition) is 4. The van der Waals surface area contributed by atoms with Gasteiger partial charge in [-0.15, -0.1) is 0 Å². The predicted octanol–water partition coefficient (Wildman–Crippen LogP) is 4.27. The van der Waals surface area contributed by atoms with Crippen LogP contribution >= 0.6 is 11.6 Å². The monoisotopic (exact) mass is 403 g/mol. The highest BCUT2D eigenvalue weighted by Gasteiger charge is 2.33. The van der Waals surface area contributed by atoms with Gasteiger partial charge in [0, 0.05) is 17.1 Å². The first-order valence-electron chi connectivity index (χ1n) is 7.00. The number of hydrogen-bond donors (Lipinski definition) is 1. The van der Waals surface area contributed by atoms with Gasteiger partial charge in [-0.05, 0) is 42.5 Å². The fraction of sp³-hybridized carbons (Fsp3) is 0.0625. The van der Waals surface area contributed by atoms with E-state index in [0.717, 1.165) is 18.2 Å². The van der Waals surface area contributed by atoms with Crippen LogP contribution in [0.1, 0.15) is 5.56 Å². The van der Waals surface area contributed by atoms with E-state index in [-0.39, 0.29) is 16.2 Å². The van der Waals surface area contributed by atoms with E-state index in [1.165, 1.54) is 24.3 Å². The van der Waals surface area contributed by atoms with Crippen molar-refractivity contribution in [2.75, 3.05) is 4.72 Å². The molecular weight excluding hydrogens is 395 g/mol. The van der Waals surface area contributed by atoms with Crippen molar-refractivity contribution in [1.82, 2.24) is 0 Å². The zero-order valence-corrected chi connectivity index (χ0v) is 14.2. The fourth-order valence-corrected chi connectivity index (χ4v) is 3.55. The van der Waals surface area contributed by atoms with E-state index in [0.29, 0.717) is 11.5 Å². The summed E-state index contributed by atoms with van der Waals surface area (Å²) in [5, 5.41) is -0.194. The standard InChI is InChI=1S/C16H9ClF3NO4S/c17-13-4-2-10(8-12(13)16(18,19)20)21-26(23,24)11-3-5-14-9(7-11)1-6-15(22)25-14/h1-8,21H. The number of rotatable bonds is 3. The van der Waals surface area contributed by atoms with E-state index in [4.69, 9.17) is 16.0 Å². The maximum atomic E-state index is 12.9. The molecular formula is C16H9ClF3NO4S. The summed E-state index contributed by atoms with van der Waals surface area (Å²) in [6.07, 6.45) is -4.72. The molecule has 0 fully saturated rings. The number of benzene rings is 2. The maximum Gasteiger partial charge on any atom is 0.417 e. The average Bonchev–Trinajstić information content (AvgIpc) is 2.54. The molecule has 0 spiro atoms. The van der Waals surface area contributed by atoms with Crippen molar-refractivity contribution in [3.63, 3.8) is 0 Å². The van der Waals surface area contributed by atoms with Gasteiger partial charge in [0.15, 0.2) is 0 Å². The van der Waals surface area contributed by atoms with Gasteiger partial charge in [-0.3, -0.25) is 4.72 Å². The molecule has 3 aromatic rings. The molecule has 0 radical (unpaired) electrons. The SMILES string of the molecule is O=c1ccc2cc(S(=O)(=O)Nc3ccc(Cl)c(C(F)(F)F)c3)ccc2o1. The van der Waals surface area contributed by atoms with Crippen molar-refractivity contribution in [2.24, 2.45) is 0 Å². The van der Waals surface area contributed by atoms with Crippen LogP contribution in [0.25, 0.3) is 11.0 Å². The molecule has 1 aromatic heterocycles. The molecule has 5 nitrogen and oxygen atoms in total. The molecule has 136 valence electrons. The maximum absolute atomic E-state index is 12.9. The van der Waals surface area contributed by atoms with E-state index < -0.39 is 32.4 Å². The molecule has 0 saturated carbocycles. The third-order valence-electron chi connectivity index (χ3n) is 3.43. The first-order chi connectivity index (χ1) is 12.1. The zero-order chi connectivity index (χ0) is 19.1. The second-order valence-corrected chi connectivity index (χ2v) is 7.34. The van der Waals surface area contributed by atoms with E-state index >= 15 is 0 Å². The van der Waals surface area contributed by atoms with Crippen LogP contribution in [0.3, 0.4) is 0 Å². The number of sulfonamides is 1. The number of halogens is 4. The Hall–Kier alpha value is -2.52. The van der Waals surface area contributed by atoms with Gasteiger partial charge < -0.3 is 4.42 Å². The Labute approximate surface area is 150 Å². The van der Waals surface area contributed by atoms with Crippen LogP contribution in [0.2, 0.25) is 5.02 Å². The molecule has 0 unspecified atom stereocenters. The third-order valence-corrected chi connectivity index (χ3v) is 5.13. The molecule has 3 rings (SSSR count). The van der Waals surface area contributed by atoms with Gasteiger partial charge in [0.05, 0.1) is 15.5 Å². The van der Waals surface area contributed by atoms with Crippen LogP contribution in [0, 0.1) is 0 Å². The van der Waals surface area contributed by atoms with Crippen LogP contribution in [-0.2, 0) is 16.2 Å². The smallest absolute Gasteiger partial charge is 0.417 e. The van der Waals surface area contributed by atoms with Crippen LogP contribution in [0.4, 0.5) is 18.9 Å². The van der Waals surface area contributed by atoms with Crippen molar-refractivity contribution in [3.05, 3.63) is 69.5 Å². The van der Waals surface area contributed by atoms with Crippen LogP contribution in [0.15, 0.2) is 62.6 Å². The highest BCUT2D eigenvalue weighted by Crippen LogP contribution is 2.36. The van der Waals surface area contributed by atoms with Crippen molar-refractivity contribution in [2.45, 2.75) is 11.1 Å². The number of anilines is 1. The zero-order valence-electron chi connectivity index (χ0n) is 12.7. The van der Waals surface area contributed by atoms with Crippen molar-refractivity contribution >= 4 is 38.3 Å². The molecule has 0 aliphatic carbocycles. The summed E-state index contributed by atoms with van der Waals surface area (Å²) in [5.41, 5.74) is -1.85. The van der Waals surface area contributed by atoms with Gasteiger partial charge in [0.1, 0.15) is 5.58 Å². The summed E-state index contributed by atoms with van der Waals surface area (Å²) < 4.78 is 70.5. The molecule has 10 heteroatoms. The summed E-state index contributed by atoms with van der Waals surface area (Å²) in [6.45, 7) is 0. The number of alkyl halides is 3. The van der Waals surface area contributed by atoms with E-state index in [1.54, 1.807) is 0 Å². The van der Waals surface area contributed by atoms with Gasteiger partial charge in [-0.2, -0.15) is 13.2 Å². The van der Waals surface area contributed by atoms with Crippen LogP contribution < -0.4 is 10.3 Å². The highest BCUT2D eigenvalue weighted by molar-refractivity contribution is 7.92. The minimum Gasteiger partial charge on any atom is -0.423 e. The van der Waals surface area contributed by atoms with Crippen molar-refractivity contribution < 1.29 is 26.0 Å². The fourth-order valence-electron chi connectivity index (χ4n) is 2.24. The Bertz CT molecular complexity index is 1160. The van der Waals surface area contributed by atoms with Gasteiger partial charge >= 0.3 is 11.8 Å². The Morgan fingerprint density at radius 2 is 1.73 bits per heavy atom. The Kier molecular flexibility index (Phi) is 4.45. The first kappa shape index (κ1) is 18.3. The van der Waals surface area contributed by atoms with Gasteiger partial charge in [-0.25, -0.2) is 13.2 Å². The molecule has 0 aliphatic rings. The van der Waals surface area contributed by atoms with Gasteiger partial charge in [-0.1, -0.05) is 11.6 Å². The lowest BCUT2D eigenvalue weighted by Crippen LogP contribution is -2.14. The number of fused-ring (bicyclic) bond motifs is 1. The van der Waals surface area contributed by atoms with E-state index in [9.17, 15) is 26.4 Å². The Morgan fingerprint density at radius 1 is 1.00 bits per heavy atom. The van der Waals surface area contributed by atoms with E-state index in [2.05, 4.69) is 4.72 Å². The summed E-state index contributed by atoms with van der Waals surface area (Å²) in [7, 11) is -4.17. The lowest BCUT2D eigenvalue weighted by Gasteiger charge is -2.13. The second kappa shape index (κ2) is 6.33. The molecule has 0 aliphatic heterocycles. The average molecular weight is 404 g/mol. The third kappa shape index (κ3) is 3.68. The van der Waals surface area contributed by atoms with Crippen molar-refractivity contribution in [3.8, 4) is 0 Å². The van der Waals surface area contributed by atoms with Crippen molar-refractivity contribution in [1.29, 1.82) is 0 Å². The molecule has 26 heavy (non-hydrogen) atoms. The minimum atomic E-state index is -4.72. The summed E-state index contributed by atoms with van der Waals surface area (Å²) in [5.74, 6) is 0. The normalized spacial score (nSPS) is 12.3. The number of nitrogens with one attached hydrogen (secondary N) is 1. The van der Waals surface area contributed by atoms with Crippen LogP contribution in [-0.4, -0.2) is 8.42 Å². The lowest BCUT2D eigenvalue weighted by atomic mass is 10.2. The lowest BCUT2D eigenvalue weighted by molar-refractivity contribution is -0.137. The largest absolute Gasteiger partial charge is 0.423 e. The van der Waals surface area contributed by atoms with Gasteiger partial charge in [0.25, 0.3) is 10.0 Å². The molecule has 1 N–H and O–H groups in total. The quantitative estimate of drug-likeness (QED) is 0.663. The van der Waals surface area contributed by atoms with Crippen LogP contribution in [0.5, 0.6) is 0 Å². The predicted molar refractivity (Wildman–Crippen MR) is 89.7 cm³/mol. The highest BCUT2D eigenvalue weighted by atomic mass is 35.5. The molecule has 0 amide bonds. The van der Waals surface area contributed by atoms with Gasteiger partial charge in [0.2, 0.25) is 0 Å². The molecule has 0 atom stereocenters. The first-order valence-corrected chi connectivity index (χ1v) is 8.86. The topological polar surface area (TPSA) is 76.4 Å². The Balaban J connectivity index is 1.99. The molecule has 1 heterocycles. The minimum absolute atomic E-state index is 0.183. The second-order valence-electron chi connectivity index (χ2n) is 5.25. The summed E-state index contributed by atoms with van der Waals surface area (Å²) in [6, 6.07) is 8.89. The Morgan fingerprint density at radius 3 is 2.42 bits per heavy atom. The summed E-state index contributed by atoms with van der Waals surface area (Å²) in [4.78, 5) is 10.9. The summed E-state index contributed by atoms with van der Waals surface area (Å²) >= 11 is 5.51. The van der Waals surface area contributed by atoms with E-state index in [1.807, 2.05) is 0 Å².